The van der Waals surface area contributed by atoms with Crippen LogP contribution in [0.1, 0.15) is 16.9 Å². The first-order valence-electron chi connectivity index (χ1n) is 6.18. The lowest BCUT2D eigenvalue weighted by Crippen LogP contribution is -2.24. The monoisotopic (exact) mass is 260 g/mol. The van der Waals surface area contributed by atoms with Crippen molar-refractivity contribution in [2.24, 2.45) is 0 Å². The van der Waals surface area contributed by atoms with Crippen LogP contribution < -0.4 is 4.90 Å². The molecule has 0 bridgehead atoms. The van der Waals surface area contributed by atoms with Gasteiger partial charge in [0.05, 0.1) is 11.5 Å². The van der Waals surface area contributed by atoms with Gasteiger partial charge in [-0.05, 0) is 36.6 Å². The Morgan fingerprint density at radius 2 is 2.33 bits per heavy atom. The molecule has 18 heavy (non-hydrogen) atoms. The van der Waals surface area contributed by atoms with Crippen molar-refractivity contribution in [1.82, 2.24) is 4.98 Å². The van der Waals surface area contributed by atoms with Crippen molar-refractivity contribution in [3.63, 3.8) is 0 Å². The maximum atomic E-state index is 9.09. The summed E-state index contributed by atoms with van der Waals surface area (Å²) < 4.78 is 0. The van der Waals surface area contributed by atoms with Crippen LogP contribution in [0.4, 0.5) is 5.69 Å². The molecule has 3 rings (SSSR count). The molecule has 1 N–H and O–H groups in total. The zero-order valence-corrected chi connectivity index (χ0v) is 11.2. The third-order valence-electron chi connectivity index (χ3n) is 3.39. The number of aromatic nitrogens is 1. The summed E-state index contributed by atoms with van der Waals surface area (Å²) in [7, 11) is 2.14. The summed E-state index contributed by atoms with van der Waals surface area (Å²) in [4.78, 5) is 7.60. The summed E-state index contributed by atoms with van der Waals surface area (Å²) in [5, 5.41) is 10.1. The maximum absolute atomic E-state index is 9.09. The highest BCUT2D eigenvalue weighted by atomic mass is 32.1. The van der Waals surface area contributed by atoms with Gasteiger partial charge in [0.25, 0.3) is 0 Å². The minimum Gasteiger partial charge on any atom is -0.391 e. The molecule has 0 saturated heterocycles. The van der Waals surface area contributed by atoms with Crippen molar-refractivity contribution < 1.29 is 5.11 Å². The van der Waals surface area contributed by atoms with E-state index < -0.39 is 0 Å². The quantitative estimate of drug-likeness (QED) is 0.902. The highest BCUT2D eigenvalue weighted by Gasteiger charge is 2.15. The van der Waals surface area contributed by atoms with E-state index in [1.807, 2.05) is 0 Å². The summed E-state index contributed by atoms with van der Waals surface area (Å²) in [5.74, 6) is 0. The lowest BCUT2D eigenvalue weighted by Gasteiger charge is -2.27. The molecule has 0 aliphatic carbocycles. The lowest BCUT2D eigenvalue weighted by atomic mass is 10.00. The van der Waals surface area contributed by atoms with Crippen molar-refractivity contribution in [3.05, 3.63) is 34.8 Å². The molecule has 0 amide bonds. The second kappa shape index (κ2) is 4.71. The van der Waals surface area contributed by atoms with E-state index in [-0.39, 0.29) is 6.61 Å². The van der Waals surface area contributed by atoms with Crippen molar-refractivity contribution >= 4 is 17.0 Å². The minimum atomic E-state index is 0.0747. The smallest absolute Gasteiger partial charge is 0.123 e. The van der Waals surface area contributed by atoms with Crippen LogP contribution in [-0.4, -0.2) is 23.7 Å². The second-order valence-corrected chi connectivity index (χ2v) is 5.77. The SMILES string of the molecule is CN1CCCc2cc(-c3ncc(CO)s3)ccc21. The number of anilines is 1. The van der Waals surface area contributed by atoms with E-state index in [0.29, 0.717) is 0 Å². The fraction of sp³-hybridized carbons (Fsp3) is 0.357. The average molecular weight is 260 g/mol. The first-order chi connectivity index (χ1) is 8.78. The van der Waals surface area contributed by atoms with Crippen LogP contribution in [0, 0.1) is 0 Å². The summed E-state index contributed by atoms with van der Waals surface area (Å²) in [5.41, 5.74) is 3.90. The van der Waals surface area contributed by atoms with E-state index >= 15 is 0 Å². The maximum Gasteiger partial charge on any atom is 0.123 e. The summed E-state index contributed by atoms with van der Waals surface area (Å²) in [6.45, 7) is 1.21. The van der Waals surface area contributed by atoms with Gasteiger partial charge in [-0.25, -0.2) is 4.98 Å². The standard InChI is InChI=1S/C14H16N2OS/c1-16-6-2-3-10-7-11(4-5-13(10)16)14-15-8-12(9-17)18-14/h4-5,7-8,17H,2-3,6,9H2,1H3. The second-order valence-electron chi connectivity index (χ2n) is 4.66. The predicted octanol–water partition coefficient (Wildman–Crippen LogP) is 2.68. The molecule has 94 valence electrons. The van der Waals surface area contributed by atoms with E-state index in [9.17, 15) is 0 Å². The Balaban J connectivity index is 1.99. The molecule has 1 aliphatic heterocycles. The molecule has 0 spiro atoms. The fourth-order valence-electron chi connectivity index (χ4n) is 2.43. The number of hydrogen-bond acceptors (Lipinski definition) is 4. The van der Waals surface area contributed by atoms with Gasteiger partial charge in [-0.2, -0.15) is 0 Å². The van der Waals surface area contributed by atoms with Gasteiger partial charge in [-0.15, -0.1) is 11.3 Å². The topological polar surface area (TPSA) is 36.4 Å². The Morgan fingerprint density at radius 1 is 1.44 bits per heavy atom. The fourth-order valence-corrected chi connectivity index (χ4v) is 3.20. The summed E-state index contributed by atoms with van der Waals surface area (Å²) in [6.07, 6.45) is 4.12. The van der Waals surface area contributed by atoms with E-state index in [4.69, 9.17) is 5.11 Å². The Hall–Kier alpha value is -1.39. The van der Waals surface area contributed by atoms with Gasteiger partial charge in [0, 0.05) is 31.0 Å². The van der Waals surface area contributed by atoms with Crippen LogP contribution in [0.15, 0.2) is 24.4 Å². The molecule has 0 radical (unpaired) electrons. The molecule has 3 nitrogen and oxygen atoms in total. The van der Waals surface area contributed by atoms with E-state index in [1.165, 1.54) is 17.7 Å². The van der Waals surface area contributed by atoms with Gasteiger partial charge in [-0.1, -0.05) is 0 Å². The third kappa shape index (κ3) is 2.02. The molecule has 2 heterocycles. The number of nitrogens with zero attached hydrogens (tertiary/aromatic N) is 2. The van der Waals surface area contributed by atoms with Crippen molar-refractivity contribution in [2.45, 2.75) is 19.4 Å². The van der Waals surface area contributed by atoms with Crippen LogP contribution in [-0.2, 0) is 13.0 Å². The number of aliphatic hydroxyl groups excluding tert-OH is 1. The normalized spacial score (nSPS) is 14.7. The molecule has 0 saturated carbocycles. The zero-order valence-electron chi connectivity index (χ0n) is 10.4. The summed E-state index contributed by atoms with van der Waals surface area (Å²) >= 11 is 1.56. The highest BCUT2D eigenvalue weighted by Crippen LogP contribution is 2.32. The van der Waals surface area contributed by atoms with Crippen LogP contribution in [0.2, 0.25) is 0 Å². The molecule has 4 heteroatoms. The zero-order chi connectivity index (χ0) is 12.5. The van der Waals surface area contributed by atoms with Gasteiger partial charge in [0.2, 0.25) is 0 Å². The molecular formula is C14H16N2OS. The lowest BCUT2D eigenvalue weighted by molar-refractivity contribution is 0.285. The van der Waals surface area contributed by atoms with E-state index in [0.717, 1.165) is 28.4 Å². The third-order valence-corrected chi connectivity index (χ3v) is 4.42. The predicted molar refractivity (Wildman–Crippen MR) is 75.1 cm³/mol. The molecular weight excluding hydrogens is 244 g/mol. The van der Waals surface area contributed by atoms with Crippen LogP contribution in [0.5, 0.6) is 0 Å². The molecule has 0 fully saturated rings. The first-order valence-corrected chi connectivity index (χ1v) is 6.99. The van der Waals surface area contributed by atoms with Crippen LogP contribution in [0.3, 0.4) is 0 Å². The Morgan fingerprint density at radius 3 is 3.11 bits per heavy atom. The van der Waals surface area contributed by atoms with Crippen LogP contribution >= 0.6 is 11.3 Å². The van der Waals surface area contributed by atoms with E-state index in [1.54, 1.807) is 17.5 Å². The average Bonchev–Trinajstić information content (AvgIpc) is 2.87. The number of thiazole rings is 1. The first kappa shape index (κ1) is 11.7. The number of hydrogen-bond donors (Lipinski definition) is 1. The van der Waals surface area contributed by atoms with Crippen LogP contribution in [0.25, 0.3) is 10.6 Å². The molecule has 0 unspecified atom stereocenters. The van der Waals surface area contributed by atoms with Gasteiger partial charge in [-0.3, -0.25) is 0 Å². The van der Waals surface area contributed by atoms with Crippen molar-refractivity contribution in [3.8, 4) is 10.6 Å². The van der Waals surface area contributed by atoms with Gasteiger partial charge < -0.3 is 10.0 Å². The van der Waals surface area contributed by atoms with Gasteiger partial charge in [0.1, 0.15) is 5.01 Å². The molecule has 1 aromatic carbocycles. The number of rotatable bonds is 2. The Kier molecular flexibility index (Phi) is 3.06. The largest absolute Gasteiger partial charge is 0.391 e. The number of benzene rings is 1. The van der Waals surface area contributed by atoms with E-state index in [2.05, 4.69) is 35.1 Å². The Bertz CT molecular complexity index is 565. The van der Waals surface area contributed by atoms with Gasteiger partial charge in [0.15, 0.2) is 0 Å². The van der Waals surface area contributed by atoms with Crippen molar-refractivity contribution in [2.75, 3.05) is 18.5 Å². The molecule has 0 atom stereocenters. The number of aliphatic hydroxyl groups is 1. The van der Waals surface area contributed by atoms with Gasteiger partial charge >= 0.3 is 0 Å². The minimum absolute atomic E-state index is 0.0747. The van der Waals surface area contributed by atoms with Crippen molar-refractivity contribution in [1.29, 1.82) is 0 Å². The molecule has 2 aromatic rings. The summed E-state index contributed by atoms with van der Waals surface area (Å²) in [6, 6.07) is 6.55. The number of fused-ring (bicyclic) bond motifs is 1. The Labute approximate surface area is 111 Å². The highest BCUT2D eigenvalue weighted by molar-refractivity contribution is 7.15. The number of aryl methyl sites for hydroxylation is 1. The molecule has 1 aliphatic rings. The molecule has 1 aromatic heterocycles.